The second-order valence-corrected chi connectivity index (χ2v) is 5.33. The van der Waals surface area contributed by atoms with E-state index in [2.05, 4.69) is 17.6 Å². The molecule has 1 saturated heterocycles. The first kappa shape index (κ1) is 13.1. The molecule has 0 radical (unpaired) electrons. The highest BCUT2D eigenvalue weighted by Crippen LogP contribution is 2.25. The lowest BCUT2D eigenvalue weighted by molar-refractivity contribution is -0.123. The van der Waals surface area contributed by atoms with Crippen molar-refractivity contribution in [2.75, 3.05) is 11.6 Å². The van der Waals surface area contributed by atoms with Crippen molar-refractivity contribution in [2.45, 2.75) is 38.3 Å². The van der Waals surface area contributed by atoms with Gasteiger partial charge in [0, 0.05) is 17.7 Å². The number of halogens is 1. The van der Waals surface area contributed by atoms with Crippen LogP contribution in [0, 0.1) is 5.92 Å². The summed E-state index contributed by atoms with van der Waals surface area (Å²) in [6.45, 7) is 2.23. The molecule has 3 nitrogen and oxygen atoms in total. The van der Waals surface area contributed by atoms with Crippen LogP contribution in [0.2, 0.25) is 0 Å². The zero-order chi connectivity index (χ0) is 9.97. The Labute approximate surface area is 102 Å². The van der Waals surface area contributed by atoms with E-state index in [-0.39, 0.29) is 24.4 Å². The van der Waals surface area contributed by atoms with Crippen molar-refractivity contribution >= 4 is 30.1 Å². The van der Waals surface area contributed by atoms with E-state index in [4.69, 9.17) is 0 Å². The molecular weight excluding hydrogens is 232 g/mol. The quantitative estimate of drug-likeness (QED) is 0.778. The van der Waals surface area contributed by atoms with E-state index in [1.807, 2.05) is 0 Å². The molecule has 0 spiro atoms. The van der Waals surface area contributed by atoms with Gasteiger partial charge in [0.1, 0.15) is 0 Å². The number of carbonyl (C=O) groups is 1. The third-order valence-electron chi connectivity index (χ3n) is 3.22. The lowest BCUT2D eigenvalue weighted by Crippen LogP contribution is -2.47. The molecule has 2 N–H and O–H groups in total. The first-order valence-corrected chi connectivity index (χ1v) is 6.54. The molecule has 15 heavy (non-hydrogen) atoms. The van der Waals surface area contributed by atoms with Crippen molar-refractivity contribution in [1.29, 1.82) is 0 Å². The highest BCUT2D eigenvalue weighted by molar-refractivity contribution is 7.99. The zero-order valence-electron chi connectivity index (χ0n) is 8.99. The Balaban J connectivity index is 0.00000112. The van der Waals surface area contributed by atoms with Crippen LogP contribution in [-0.4, -0.2) is 29.6 Å². The minimum absolute atomic E-state index is 0. The molecule has 88 valence electrons. The smallest absolute Gasteiger partial charge is 0.238 e. The van der Waals surface area contributed by atoms with Crippen molar-refractivity contribution in [2.24, 2.45) is 5.92 Å². The number of carbonyl (C=O) groups excluding carboxylic acids is 1. The van der Waals surface area contributed by atoms with Crippen LogP contribution in [0.25, 0.3) is 0 Å². The minimum Gasteiger partial charge on any atom is -0.352 e. The molecule has 2 fully saturated rings. The molecule has 5 heteroatoms. The van der Waals surface area contributed by atoms with Gasteiger partial charge >= 0.3 is 0 Å². The maximum Gasteiger partial charge on any atom is 0.238 e. The Kier molecular flexibility index (Phi) is 5.23. The molecule has 1 heterocycles. The Morgan fingerprint density at radius 3 is 2.80 bits per heavy atom. The van der Waals surface area contributed by atoms with E-state index >= 15 is 0 Å². The molecule has 0 aromatic carbocycles. The van der Waals surface area contributed by atoms with E-state index in [9.17, 15) is 4.79 Å². The van der Waals surface area contributed by atoms with Crippen LogP contribution in [0.4, 0.5) is 0 Å². The summed E-state index contributed by atoms with van der Waals surface area (Å²) in [5.41, 5.74) is 0. The third kappa shape index (κ3) is 3.26. The number of nitrogens with one attached hydrogen (secondary N) is 2. The van der Waals surface area contributed by atoms with Gasteiger partial charge in [-0.15, -0.1) is 24.2 Å². The molecule has 0 aromatic heterocycles. The molecule has 3 unspecified atom stereocenters. The van der Waals surface area contributed by atoms with Crippen molar-refractivity contribution in [3.63, 3.8) is 0 Å². The number of amides is 1. The number of thioether (sulfide) groups is 1. The second kappa shape index (κ2) is 5.97. The van der Waals surface area contributed by atoms with E-state index in [1.165, 1.54) is 12.8 Å². The Hall–Kier alpha value is 0.0700. The van der Waals surface area contributed by atoms with E-state index in [1.54, 1.807) is 11.8 Å². The molecule has 1 aliphatic heterocycles. The molecule has 0 bridgehead atoms. The average molecular weight is 251 g/mol. The van der Waals surface area contributed by atoms with Crippen LogP contribution < -0.4 is 10.6 Å². The number of hydrogen-bond acceptors (Lipinski definition) is 3. The lowest BCUT2D eigenvalue weighted by Gasteiger charge is -2.19. The summed E-state index contributed by atoms with van der Waals surface area (Å²) >= 11 is 1.80. The Bertz CT molecular complexity index is 221. The van der Waals surface area contributed by atoms with Gasteiger partial charge in [0.05, 0.1) is 6.04 Å². The predicted octanol–water partition coefficient (Wildman–Crippen LogP) is 1.38. The van der Waals surface area contributed by atoms with Gasteiger partial charge in [-0.05, 0) is 18.8 Å². The van der Waals surface area contributed by atoms with Gasteiger partial charge in [0.25, 0.3) is 0 Å². The first-order chi connectivity index (χ1) is 6.77. The van der Waals surface area contributed by atoms with Crippen molar-refractivity contribution in [3.8, 4) is 0 Å². The van der Waals surface area contributed by atoms with Crippen LogP contribution in [0.1, 0.15) is 26.2 Å². The number of rotatable bonds is 2. The number of hydrogen-bond donors (Lipinski definition) is 2. The summed E-state index contributed by atoms with van der Waals surface area (Å²) in [4.78, 5) is 11.8. The van der Waals surface area contributed by atoms with Crippen LogP contribution in [-0.2, 0) is 4.79 Å². The maximum absolute atomic E-state index is 11.8. The summed E-state index contributed by atoms with van der Waals surface area (Å²) < 4.78 is 0. The van der Waals surface area contributed by atoms with E-state index in [0.29, 0.717) is 12.0 Å². The van der Waals surface area contributed by atoms with E-state index in [0.717, 1.165) is 18.1 Å². The standard InChI is InChI=1S/C10H18N2OS.ClH/c1-7-3-2-4-8(7)12-10(13)9-5-14-6-11-9;/h7-9,11H,2-6H2,1H3,(H,12,13);1H. The Morgan fingerprint density at radius 1 is 1.47 bits per heavy atom. The van der Waals surface area contributed by atoms with Crippen LogP contribution in [0.3, 0.4) is 0 Å². The molecular formula is C10H19ClN2OS. The predicted molar refractivity (Wildman–Crippen MR) is 66.4 cm³/mol. The third-order valence-corrected chi connectivity index (χ3v) is 4.16. The maximum atomic E-state index is 11.8. The van der Waals surface area contributed by atoms with Gasteiger partial charge in [-0.3, -0.25) is 10.1 Å². The van der Waals surface area contributed by atoms with Crippen molar-refractivity contribution in [1.82, 2.24) is 10.6 Å². The fourth-order valence-corrected chi connectivity index (χ4v) is 3.15. The van der Waals surface area contributed by atoms with Gasteiger partial charge in [0.2, 0.25) is 5.91 Å². The van der Waals surface area contributed by atoms with Gasteiger partial charge in [-0.25, -0.2) is 0 Å². The molecule has 2 aliphatic rings. The van der Waals surface area contributed by atoms with Gasteiger partial charge in [0.15, 0.2) is 0 Å². The van der Waals surface area contributed by atoms with Crippen LogP contribution in [0.15, 0.2) is 0 Å². The topological polar surface area (TPSA) is 41.1 Å². The monoisotopic (exact) mass is 250 g/mol. The highest BCUT2D eigenvalue weighted by atomic mass is 35.5. The van der Waals surface area contributed by atoms with Gasteiger partial charge < -0.3 is 5.32 Å². The lowest BCUT2D eigenvalue weighted by atomic mass is 10.1. The molecule has 3 atom stereocenters. The Morgan fingerprint density at radius 2 is 2.27 bits per heavy atom. The fourth-order valence-electron chi connectivity index (χ4n) is 2.21. The highest BCUT2D eigenvalue weighted by Gasteiger charge is 2.29. The van der Waals surface area contributed by atoms with Crippen LogP contribution >= 0.6 is 24.2 Å². The fraction of sp³-hybridized carbons (Fsp3) is 0.900. The molecule has 0 aromatic rings. The van der Waals surface area contributed by atoms with Gasteiger partial charge in [-0.2, -0.15) is 0 Å². The largest absolute Gasteiger partial charge is 0.352 e. The van der Waals surface area contributed by atoms with Crippen molar-refractivity contribution < 1.29 is 4.79 Å². The molecule has 2 rings (SSSR count). The summed E-state index contributed by atoms with van der Waals surface area (Å²) in [5.74, 6) is 2.70. The summed E-state index contributed by atoms with van der Waals surface area (Å²) in [6.07, 6.45) is 3.68. The second-order valence-electron chi connectivity index (χ2n) is 4.30. The normalized spacial score (nSPS) is 34.9. The van der Waals surface area contributed by atoms with Gasteiger partial charge in [-0.1, -0.05) is 13.3 Å². The molecule has 1 saturated carbocycles. The summed E-state index contributed by atoms with van der Waals surface area (Å²) in [6, 6.07) is 0.475. The summed E-state index contributed by atoms with van der Waals surface area (Å²) in [7, 11) is 0. The molecule has 1 amide bonds. The first-order valence-electron chi connectivity index (χ1n) is 5.39. The van der Waals surface area contributed by atoms with E-state index < -0.39 is 0 Å². The van der Waals surface area contributed by atoms with Crippen molar-refractivity contribution in [3.05, 3.63) is 0 Å². The zero-order valence-corrected chi connectivity index (χ0v) is 10.6. The minimum atomic E-state index is 0. The average Bonchev–Trinajstić information content (AvgIpc) is 2.77. The summed E-state index contributed by atoms with van der Waals surface area (Å²) in [5, 5.41) is 6.35. The molecule has 1 aliphatic carbocycles. The van der Waals surface area contributed by atoms with Crippen LogP contribution in [0.5, 0.6) is 0 Å². The SMILES string of the molecule is CC1CCCC1NC(=O)C1CSCN1.Cl.